The summed E-state index contributed by atoms with van der Waals surface area (Å²) in [6, 6.07) is 2.47. The van der Waals surface area contributed by atoms with Crippen LogP contribution in [-0.2, 0) is 0 Å². The molecule has 10 heavy (non-hydrogen) atoms. The van der Waals surface area contributed by atoms with Crippen LogP contribution in [0.5, 0.6) is 0 Å². The molecule has 0 aromatic heterocycles. The monoisotopic (exact) mass is 137 g/mol. The zero-order chi connectivity index (χ0) is 7.72. The molecule has 0 spiro atoms. The molecule has 1 rings (SSSR count). The lowest BCUT2D eigenvalue weighted by atomic mass is 10.2. The van der Waals surface area contributed by atoms with E-state index in [1.54, 1.807) is 0 Å². The molecule has 0 bridgehead atoms. The molecular formula is C7H11N3. The number of nitrogens with zero attached hydrogens (tertiary/aromatic N) is 2. The van der Waals surface area contributed by atoms with E-state index in [2.05, 4.69) is 13.0 Å². The normalized spacial score (nSPS) is 25.3. The van der Waals surface area contributed by atoms with Gasteiger partial charge in [0, 0.05) is 19.5 Å². The van der Waals surface area contributed by atoms with E-state index in [0.29, 0.717) is 11.9 Å². The molecule has 0 aromatic rings. The molecule has 3 heteroatoms. The number of nitriles is 1. The van der Waals surface area contributed by atoms with Gasteiger partial charge in [0.2, 0.25) is 0 Å². The van der Waals surface area contributed by atoms with E-state index in [1.165, 1.54) is 0 Å². The van der Waals surface area contributed by atoms with Gasteiger partial charge in [0.1, 0.15) is 5.82 Å². The zero-order valence-electron chi connectivity index (χ0n) is 6.26. The molecule has 1 aliphatic heterocycles. The Morgan fingerprint density at radius 1 is 1.80 bits per heavy atom. The average Bonchev–Trinajstić information content (AvgIpc) is 2.17. The van der Waals surface area contributed by atoms with E-state index in [9.17, 15) is 0 Å². The predicted molar refractivity (Wildman–Crippen MR) is 38.7 cm³/mol. The van der Waals surface area contributed by atoms with Gasteiger partial charge in [-0.1, -0.05) is 0 Å². The fourth-order valence-corrected chi connectivity index (χ4v) is 1.09. The van der Waals surface area contributed by atoms with Gasteiger partial charge < -0.3 is 10.6 Å². The number of rotatable bonds is 0. The van der Waals surface area contributed by atoms with E-state index in [-0.39, 0.29) is 0 Å². The van der Waals surface area contributed by atoms with Gasteiger partial charge >= 0.3 is 0 Å². The third kappa shape index (κ3) is 0.820. The lowest BCUT2D eigenvalue weighted by Gasteiger charge is -2.18. The van der Waals surface area contributed by atoms with Crippen LogP contribution in [0.2, 0.25) is 0 Å². The average molecular weight is 137 g/mol. The second kappa shape index (κ2) is 2.22. The SMILES string of the molecule is CC1CC(C#N)=C(N)N1C. The Labute approximate surface area is 60.7 Å². The van der Waals surface area contributed by atoms with Crippen LogP contribution in [0.25, 0.3) is 0 Å². The van der Waals surface area contributed by atoms with Crippen molar-refractivity contribution in [2.24, 2.45) is 5.73 Å². The topological polar surface area (TPSA) is 53.1 Å². The minimum atomic E-state index is 0.384. The smallest absolute Gasteiger partial charge is 0.113 e. The highest BCUT2D eigenvalue weighted by atomic mass is 15.2. The van der Waals surface area contributed by atoms with Crippen molar-refractivity contribution in [3.05, 3.63) is 11.4 Å². The molecule has 0 amide bonds. The van der Waals surface area contributed by atoms with Gasteiger partial charge in [-0.05, 0) is 6.92 Å². The van der Waals surface area contributed by atoms with Gasteiger partial charge in [-0.3, -0.25) is 0 Å². The third-order valence-corrected chi connectivity index (χ3v) is 1.98. The molecule has 1 heterocycles. The fraction of sp³-hybridized carbons (Fsp3) is 0.571. The highest BCUT2D eigenvalue weighted by Crippen LogP contribution is 2.22. The van der Waals surface area contributed by atoms with Crippen LogP contribution >= 0.6 is 0 Å². The molecule has 0 radical (unpaired) electrons. The van der Waals surface area contributed by atoms with Crippen LogP contribution in [0.4, 0.5) is 0 Å². The van der Waals surface area contributed by atoms with E-state index < -0.39 is 0 Å². The molecule has 0 fully saturated rings. The molecule has 0 aromatic carbocycles. The maximum absolute atomic E-state index is 8.56. The molecule has 0 aliphatic carbocycles. The largest absolute Gasteiger partial charge is 0.385 e. The van der Waals surface area contributed by atoms with Crippen LogP contribution in [0.3, 0.4) is 0 Å². The summed E-state index contributed by atoms with van der Waals surface area (Å²) in [5.74, 6) is 0.634. The maximum atomic E-state index is 8.56. The van der Waals surface area contributed by atoms with Crippen molar-refractivity contribution in [2.75, 3.05) is 7.05 Å². The van der Waals surface area contributed by atoms with Gasteiger partial charge in [0.05, 0.1) is 11.6 Å². The van der Waals surface area contributed by atoms with Crippen molar-refractivity contribution in [2.45, 2.75) is 19.4 Å². The molecule has 1 aliphatic rings. The third-order valence-electron chi connectivity index (χ3n) is 1.98. The van der Waals surface area contributed by atoms with E-state index in [1.807, 2.05) is 11.9 Å². The molecule has 2 N–H and O–H groups in total. The summed E-state index contributed by atoms with van der Waals surface area (Å²) >= 11 is 0. The van der Waals surface area contributed by atoms with Crippen LogP contribution in [0.1, 0.15) is 13.3 Å². The first-order valence-corrected chi connectivity index (χ1v) is 3.28. The van der Waals surface area contributed by atoms with Gasteiger partial charge in [-0.25, -0.2) is 0 Å². The molecule has 54 valence electrons. The van der Waals surface area contributed by atoms with Crippen LogP contribution in [-0.4, -0.2) is 18.0 Å². The number of nitrogens with two attached hydrogens (primary N) is 1. The zero-order valence-corrected chi connectivity index (χ0v) is 6.26. The van der Waals surface area contributed by atoms with Crippen molar-refractivity contribution < 1.29 is 0 Å². The van der Waals surface area contributed by atoms with E-state index >= 15 is 0 Å². The molecule has 1 unspecified atom stereocenters. The van der Waals surface area contributed by atoms with Crippen LogP contribution in [0.15, 0.2) is 11.4 Å². The summed E-state index contributed by atoms with van der Waals surface area (Å²) in [6.45, 7) is 2.05. The molecule has 1 atom stereocenters. The van der Waals surface area contributed by atoms with Gasteiger partial charge in [-0.2, -0.15) is 5.26 Å². The summed E-state index contributed by atoms with van der Waals surface area (Å²) in [7, 11) is 1.91. The van der Waals surface area contributed by atoms with Crippen molar-refractivity contribution in [3.8, 4) is 6.07 Å². The summed E-state index contributed by atoms with van der Waals surface area (Å²) in [5.41, 5.74) is 6.32. The standard InChI is InChI=1S/C7H11N3/c1-5-3-6(4-8)7(9)10(5)2/h5H,3,9H2,1-2H3. The molecule has 3 nitrogen and oxygen atoms in total. The summed E-state index contributed by atoms with van der Waals surface area (Å²) in [4.78, 5) is 1.93. The Bertz CT molecular complexity index is 211. The van der Waals surface area contributed by atoms with Crippen LogP contribution < -0.4 is 5.73 Å². The number of hydrogen-bond donors (Lipinski definition) is 1. The van der Waals surface area contributed by atoms with Gasteiger partial charge in [-0.15, -0.1) is 0 Å². The minimum Gasteiger partial charge on any atom is -0.385 e. The maximum Gasteiger partial charge on any atom is 0.113 e. The highest BCUT2D eigenvalue weighted by Gasteiger charge is 2.22. The van der Waals surface area contributed by atoms with E-state index in [0.717, 1.165) is 12.0 Å². The van der Waals surface area contributed by atoms with Crippen molar-refractivity contribution >= 4 is 0 Å². The second-order valence-corrected chi connectivity index (χ2v) is 2.64. The second-order valence-electron chi connectivity index (χ2n) is 2.64. The Balaban J connectivity index is 2.86. The summed E-state index contributed by atoms with van der Waals surface area (Å²) in [5, 5.41) is 8.56. The summed E-state index contributed by atoms with van der Waals surface area (Å²) in [6.07, 6.45) is 0.791. The quantitative estimate of drug-likeness (QED) is 0.526. The fourth-order valence-electron chi connectivity index (χ4n) is 1.09. The summed E-state index contributed by atoms with van der Waals surface area (Å²) < 4.78 is 0. The van der Waals surface area contributed by atoms with E-state index in [4.69, 9.17) is 11.0 Å². The minimum absolute atomic E-state index is 0.384. The Kier molecular flexibility index (Phi) is 1.54. The first-order valence-electron chi connectivity index (χ1n) is 3.28. The van der Waals surface area contributed by atoms with Crippen LogP contribution in [0, 0.1) is 11.3 Å². The van der Waals surface area contributed by atoms with Crippen molar-refractivity contribution in [1.82, 2.24) is 4.90 Å². The van der Waals surface area contributed by atoms with Crippen molar-refractivity contribution in [1.29, 1.82) is 5.26 Å². The lowest BCUT2D eigenvalue weighted by Crippen LogP contribution is -2.26. The molecule has 0 saturated heterocycles. The number of hydrogen-bond acceptors (Lipinski definition) is 3. The predicted octanol–water partition coefficient (Wildman–Crippen LogP) is 0.404. The highest BCUT2D eigenvalue weighted by molar-refractivity contribution is 5.30. The Hall–Kier alpha value is -1.17. The Morgan fingerprint density at radius 2 is 2.40 bits per heavy atom. The molecular weight excluding hydrogens is 126 g/mol. The molecule has 0 saturated carbocycles. The van der Waals surface area contributed by atoms with Gasteiger partial charge in [0.15, 0.2) is 0 Å². The Morgan fingerprint density at radius 3 is 2.60 bits per heavy atom. The lowest BCUT2D eigenvalue weighted by molar-refractivity contribution is 0.353. The first-order chi connectivity index (χ1) is 4.66. The van der Waals surface area contributed by atoms with Crippen molar-refractivity contribution in [3.63, 3.8) is 0 Å². The van der Waals surface area contributed by atoms with Gasteiger partial charge in [0.25, 0.3) is 0 Å². The first kappa shape index (κ1) is 6.94.